The molecule has 3 atom stereocenters. The van der Waals surface area contributed by atoms with Crippen LogP contribution in [0.1, 0.15) is 46.5 Å². The third-order valence-corrected chi connectivity index (χ3v) is 4.10. The number of hydrogen-bond acceptors (Lipinski definition) is 4. The molecule has 0 radical (unpaired) electrons. The summed E-state index contributed by atoms with van der Waals surface area (Å²) in [4.78, 5) is 11.7. The first-order chi connectivity index (χ1) is 9.95. The maximum absolute atomic E-state index is 12.7. The lowest BCUT2D eigenvalue weighted by molar-refractivity contribution is -0.281. The van der Waals surface area contributed by atoms with Crippen LogP contribution in [0.15, 0.2) is 12.2 Å². The lowest BCUT2D eigenvalue weighted by Gasteiger charge is -2.37. The van der Waals surface area contributed by atoms with E-state index in [1.165, 1.54) is 6.92 Å². The van der Waals surface area contributed by atoms with E-state index >= 15 is 0 Å². The number of carbonyl (C=O) groups excluding carboxylic acids is 1. The molecule has 0 saturated heterocycles. The van der Waals surface area contributed by atoms with Crippen LogP contribution in [0, 0.1) is 0 Å². The van der Waals surface area contributed by atoms with Crippen molar-refractivity contribution in [2.24, 2.45) is 0 Å². The maximum atomic E-state index is 12.7. The molecule has 0 aliphatic heterocycles. The number of ether oxygens (including phenoxy) is 2. The lowest BCUT2D eigenvalue weighted by Crippen LogP contribution is -2.51. The number of aliphatic hydroxyl groups is 1. The number of carbonyl (C=O) groups is 1. The number of rotatable bonds is 6. The molecule has 0 aromatic carbocycles. The van der Waals surface area contributed by atoms with Gasteiger partial charge in [-0.25, -0.2) is 4.79 Å². The molecule has 7 heteroatoms. The first kappa shape index (κ1) is 19.0. The molecule has 4 nitrogen and oxygen atoms in total. The van der Waals surface area contributed by atoms with E-state index in [4.69, 9.17) is 9.47 Å². The van der Waals surface area contributed by atoms with E-state index in [0.717, 1.165) is 0 Å². The molecule has 0 heterocycles. The summed E-state index contributed by atoms with van der Waals surface area (Å²) in [5, 5.41) is 9.51. The number of esters is 1. The van der Waals surface area contributed by atoms with Gasteiger partial charge in [0.2, 0.25) is 0 Å². The minimum Gasteiger partial charge on any atom is -0.456 e. The third-order valence-electron chi connectivity index (χ3n) is 4.10. The van der Waals surface area contributed by atoms with E-state index in [1.54, 1.807) is 6.92 Å². The molecular formula is C15H23F3O4. The molecule has 1 aliphatic rings. The van der Waals surface area contributed by atoms with Crippen molar-refractivity contribution in [3.8, 4) is 0 Å². The van der Waals surface area contributed by atoms with Gasteiger partial charge in [0.15, 0.2) is 5.60 Å². The van der Waals surface area contributed by atoms with Crippen LogP contribution in [0.25, 0.3) is 0 Å². The molecule has 128 valence electrons. The molecule has 0 bridgehead atoms. The van der Waals surface area contributed by atoms with Gasteiger partial charge in [0.1, 0.15) is 11.7 Å². The van der Waals surface area contributed by atoms with Crippen LogP contribution in [0.5, 0.6) is 0 Å². The quantitative estimate of drug-likeness (QED) is 0.602. The molecule has 0 amide bonds. The Morgan fingerprint density at radius 3 is 2.50 bits per heavy atom. The van der Waals surface area contributed by atoms with Gasteiger partial charge in [-0.3, -0.25) is 0 Å². The first-order valence-electron chi connectivity index (χ1n) is 7.25. The molecule has 3 unspecified atom stereocenters. The Balaban J connectivity index is 2.82. The summed E-state index contributed by atoms with van der Waals surface area (Å²) in [6.45, 7) is 6.51. The Morgan fingerprint density at radius 1 is 1.45 bits per heavy atom. The highest BCUT2D eigenvalue weighted by atomic mass is 19.4. The van der Waals surface area contributed by atoms with Gasteiger partial charge in [0, 0.05) is 5.57 Å². The highest BCUT2D eigenvalue weighted by Crippen LogP contribution is 2.40. The summed E-state index contributed by atoms with van der Waals surface area (Å²) >= 11 is 0. The van der Waals surface area contributed by atoms with Gasteiger partial charge in [-0.2, -0.15) is 13.2 Å². The van der Waals surface area contributed by atoms with Crippen LogP contribution in [0.3, 0.4) is 0 Å². The minimum absolute atomic E-state index is 0.221. The molecule has 1 saturated carbocycles. The SMILES string of the molecule is C=C(C)C(=O)OC1CCCC1(CC)OCC(C)(O)C(F)(F)F. The topological polar surface area (TPSA) is 55.8 Å². The summed E-state index contributed by atoms with van der Waals surface area (Å²) in [5.74, 6) is -0.587. The predicted octanol–water partition coefficient (Wildman–Crippen LogP) is 3.14. The Morgan fingerprint density at radius 2 is 2.05 bits per heavy atom. The average Bonchev–Trinajstić information content (AvgIpc) is 2.78. The van der Waals surface area contributed by atoms with E-state index < -0.39 is 36.1 Å². The van der Waals surface area contributed by atoms with Gasteiger partial charge in [-0.05, 0) is 39.5 Å². The molecule has 0 aromatic heterocycles. The van der Waals surface area contributed by atoms with Crippen molar-refractivity contribution in [3.63, 3.8) is 0 Å². The van der Waals surface area contributed by atoms with Crippen molar-refractivity contribution in [1.29, 1.82) is 0 Å². The summed E-state index contributed by atoms with van der Waals surface area (Å²) in [6, 6.07) is 0. The van der Waals surface area contributed by atoms with E-state index in [9.17, 15) is 23.1 Å². The molecule has 1 N–H and O–H groups in total. The zero-order valence-electron chi connectivity index (χ0n) is 13.1. The van der Waals surface area contributed by atoms with Gasteiger partial charge in [0.05, 0.1) is 6.61 Å². The van der Waals surface area contributed by atoms with E-state index in [-0.39, 0.29) is 5.57 Å². The Kier molecular flexibility index (Phi) is 5.67. The highest BCUT2D eigenvalue weighted by molar-refractivity contribution is 5.87. The summed E-state index contributed by atoms with van der Waals surface area (Å²) in [7, 11) is 0. The van der Waals surface area contributed by atoms with Crippen molar-refractivity contribution in [2.75, 3.05) is 6.61 Å². The average molecular weight is 324 g/mol. The zero-order chi connectivity index (χ0) is 17.2. The largest absolute Gasteiger partial charge is 0.456 e. The summed E-state index contributed by atoms with van der Waals surface area (Å²) in [5.41, 5.74) is -3.72. The number of alkyl halides is 3. The fourth-order valence-electron chi connectivity index (χ4n) is 2.44. The van der Waals surface area contributed by atoms with Crippen molar-refractivity contribution >= 4 is 5.97 Å². The number of hydrogen-bond donors (Lipinski definition) is 1. The van der Waals surface area contributed by atoms with E-state index in [2.05, 4.69) is 6.58 Å². The van der Waals surface area contributed by atoms with Gasteiger partial charge >= 0.3 is 12.1 Å². The van der Waals surface area contributed by atoms with Crippen molar-refractivity contribution < 1.29 is 32.5 Å². The van der Waals surface area contributed by atoms with E-state index in [1.807, 2.05) is 0 Å². The van der Waals surface area contributed by atoms with Crippen LogP contribution in [-0.2, 0) is 14.3 Å². The van der Waals surface area contributed by atoms with Crippen LogP contribution >= 0.6 is 0 Å². The smallest absolute Gasteiger partial charge is 0.419 e. The van der Waals surface area contributed by atoms with Crippen molar-refractivity contribution in [1.82, 2.24) is 0 Å². The second kappa shape index (κ2) is 6.58. The second-order valence-electron chi connectivity index (χ2n) is 6.05. The second-order valence-corrected chi connectivity index (χ2v) is 6.05. The highest BCUT2D eigenvalue weighted by Gasteiger charge is 2.53. The molecule has 1 aliphatic carbocycles. The van der Waals surface area contributed by atoms with Crippen LogP contribution in [-0.4, -0.2) is 41.2 Å². The molecule has 1 fully saturated rings. The van der Waals surface area contributed by atoms with Gasteiger partial charge in [-0.15, -0.1) is 0 Å². The monoisotopic (exact) mass is 324 g/mol. The standard InChI is InChI=1S/C15H23F3O4/c1-5-14(21-9-13(4,20)15(16,17)18)8-6-7-11(14)22-12(19)10(2)3/h11,20H,2,5-9H2,1,3-4H3. The van der Waals surface area contributed by atoms with Gasteiger partial charge in [0.25, 0.3) is 0 Å². The number of halogens is 3. The van der Waals surface area contributed by atoms with Crippen LogP contribution in [0.4, 0.5) is 13.2 Å². The Bertz CT molecular complexity index is 431. The molecule has 22 heavy (non-hydrogen) atoms. The lowest BCUT2D eigenvalue weighted by atomic mass is 9.95. The summed E-state index contributed by atoms with van der Waals surface area (Å²) < 4.78 is 48.9. The third kappa shape index (κ3) is 4.01. The summed E-state index contributed by atoms with van der Waals surface area (Å²) in [6.07, 6.45) is -3.37. The van der Waals surface area contributed by atoms with Gasteiger partial charge in [-0.1, -0.05) is 13.5 Å². The van der Waals surface area contributed by atoms with Crippen molar-refractivity contribution in [3.05, 3.63) is 12.2 Å². The molecular weight excluding hydrogens is 301 g/mol. The fourth-order valence-corrected chi connectivity index (χ4v) is 2.44. The molecule has 0 spiro atoms. The molecule has 1 rings (SSSR count). The first-order valence-corrected chi connectivity index (χ1v) is 7.25. The zero-order valence-corrected chi connectivity index (χ0v) is 13.1. The van der Waals surface area contributed by atoms with E-state index in [0.29, 0.717) is 32.6 Å². The Labute approximate surface area is 128 Å². The van der Waals surface area contributed by atoms with Gasteiger partial charge < -0.3 is 14.6 Å². The van der Waals surface area contributed by atoms with Crippen LogP contribution < -0.4 is 0 Å². The Hall–Kier alpha value is -1.08. The fraction of sp³-hybridized carbons (Fsp3) is 0.800. The normalized spacial score (nSPS) is 28.2. The van der Waals surface area contributed by atoms with Crippen LogP contribution in [0.2, 0.25) is 0 Å². The maximum Gasteiger partial charge on any atom is 0.419 e. The minimum atomic E-state index is -4.79. The molecule has 0 aromatic rings. The predicted molar refractivity (Wildman–Crippen MR) is 74.2 cm³/mol. The van der Waals surface area contributed by atoms with Crippen molar-refractivity contribution in [2.45, 2.75) is 69.9 Å².